The molecule has 0 heterocycles. The molecule has 0 rings (SSSR count). The summed E-state index contributed by atoms with van der Waals surface area (Å²) in [6.07, 6.45) is -11.6. The van der Waals surface area contributed by atoms with E-state index in [1.807, 2.05) is 0 Å². The van der Waals surface area contributed by atoms with Gasteiger partial charge in [0.15, 0.2) is 0 Å². The number of alkyl halides is 6. The molecule has 0 aliphatic heterocycles. The third kappa shape index (κ3) is 2.22. The smallest absolute Gasteiger partial charge is 0.344 e. The van der Waals surface area contributed by atoms with Gasteiger partial charge in [0.2, 0.25) is 0 Å². The second-order valence-electron chi connectivity index (χ2n) is 1.86. The summed E-state index contributed by atoms with van der Waals surface area (Å²) >= 11 is 0. The normalized spacial score (nSPS) is 14.0. The second-order valence-corrected chi connectivity index (χ2v) is 1.86. The molecule has 0 saturated carbocycles. The molecule has 12 heavy (non-hydrogen) atoms. The Balaban J connectivity index is 0. The topological polar surface area (TPSA) is 82.9 Å². The molecule has 0 unspecified atom stereocenters. The first-order valence-corrected chi connectivity index (χ1v) is 2.21. The van der Waals surface area contributed by atoms with Crippen LogP contribution >= 0.6 is 0 Å². The maximum absolute atomic E-state index is 11.3. The first-order chi connectivity index (χ1) is 4.50. The van der Waals surface area contributed by atoms with E-state index in [4.69, 9.17) is 5.11 Å². The van der Waals surface area contributed by atoms with E-state index in [0.29, 0.717) is 0 Å². The van der Waals surface area contributed by atoms with Crippen molar-refractivity contribution in [3.8, 4) is 0 Å². The van der Waals surface area contributed by atoms with Crippen LogP contribution in [0.25, 0.3) is 0 Å². The quantitative estimate of drug-likeness (QED) is 0.386. The molecule has 0 aromatic rings. The van der Waals surface area contributed by atoms with Crippen molar-refractivity contribution in [2.45, 2.75) is 18.1 Å². The summed E-state index contributed by atoms with van der Waals surface area (Å²) in [5.41, 5.74) is -3.26. The van der Waals surface area contributed by atoms with Crippen molar-refractivity contribution in [2.24, 2.45) is 0 Å². The van der Waals surface area contributed by atoms with E-state index < -0.39 is 18.1 Å². The van der Waals surface area contributed by atoms with Crippen molar-refractivity contribution in [1.82, 2.24) is 6.15 Å². The lowest BCUT2D eigenvalue weighted by atomic mass is 10.2. The maximum Gasteiger partial charge on any atom is 0.482 e. The fourth-order valence-corrected chi connectivity index (χ4v) is 0.161. The van der Waals surface area contributed by atoms with Crippen molar-refractivity contribution in [1.29, 1.82) is 0 Å². The Morgan fingerprint density at radius 1 is 0.833 bits per heavy atom. The van der Waals surface area contributed by atoms with Gasteiger partial charge in [0, 0.05) is 0 Å². The van der Waals surface area contributed by atoms with Gasteiger partial charge in [-0.15, -0.1) is 0 Å². The van der Waals surface area contributed by atoms with Crippen LogP contribution < -0.4 is 11.9 Å². The van der Waals surface area contributed by atoms with Crippen LogP contribution in [0, 0.1) is 0 Å². The third-order valence-electron chi connectivity index (χ3n) is 0.938. The molecule has 0 radical (unpaired) electrons. The number of hydrogen-bond donors (Lipinski definition) is 3. The molecule has 0 aliphatic carbocycles. The molecule has 0 saturated heterocycles. The van der Waals surface area contributed by atoms with Crippen LogP contribution in [0.15, 0.2) is 0 Å². The van der Waals surface area contributed by atoms with Gasteiger partial charge in [-0.3, -0.25) is 0 Å². The van der Waals surface area contributed by atoms with E-state index in [2.05, 4.69) is 0 Å². The fraction of sp³-hybridized carbons (Fsp3) is 1.00. The second kappa shape index (κ2) is 3.07. The molecule has 7 N–H and O–H groups in total. The summed E-state index contributed by atoms with van der Waals surface area (Å²) in [4.78, 5) is 0. The first kappa shape index (κ1) is 14.0. The van der Waals surface area contributed by atoms with E-state index in [-0.39, 0.29) is 6.15 Å². The minimum atomic E-state index is -5.80. The summed E-state index contributed by atoms with van der Waals surface area (Å²) in [6.45, 7) is 0. The predicted molar refractivity (Wildman–Crippen MR) is 25.0 cm³/mol. The van der Waals surface area contributed by atoms with Crippen LogP contribution in [-0.2, 0) is 0 Å². The van der Waals surface area contributed by atoms with Crippen LogP contribution in [0.2, 0.25) is 0 Å². The molecule has 0 atom stereocenters. The molecule has 0 bridgehead atoms. The minimum Gasteiger partial charge on any atom is -0.344 e. The van der Waals surface area contributed by atoms with Crippen molar-refractivity contribution >= 4 is 0 Å². The van der Waals surface area contributed by atoms with E-state index in [1.165, 1.54) is 0 Å². The molecule has 3 nitrogen and oxygen atoms in total. The first-order valence-electron chi connectivity index (χ1n) is 2.21. The van der Waals surface area contributed by atoms with Gasteiger partial charge < -0.3 is 17.0 Å². The highest BCUT2D eigenvalue weighted by Crippen LogP contribution is 2.37. The Hall–Kier alpha value is -0.540. The van der Waals surface area contributed by atoms with E-state index in [1.54, 1.807) is 5.73 Å². The Morgan fingerprint density at radius 2 is 1.00 bits per heavy atom. The largest absolute Gasteiger partial charge is 0.482 e. The van der Waals surface area contributed by atoms with Gasteiger partial charge in [0.05, 0.1) is 0 Å². The van der Waals surface area contributed by atoms with Gasteiger partial charge in [-0.25, -0.2) is 0 Å². The van der Waals surface area contributed by atoms with Crippen molar-refractivity contribution < 1.29 is 37.2 Å². The highest BCUT2D eigenvalue weighted by Gasteiger charge is 2.73. The predicted octanol–water partition coefficient (Wildman–Crippen LogP) is 0.204. The van der Waals surface area contributed by atoms with E-state index in [9.17, 15) is 26.3 Å². The Morgan fingerprint density at radius 3 is 1.00 bits per heavy atom. The zero-order valence-electron chi connectivity index (χ0n) is 5.63. The van der Waals surface area contributed by atoms with Gasteiger partial charge in [0.25, 0.3) is 0 Å². The van der Waals surface area contributed by atoms with Crippen molar-refractivity contribution in [2.75, 3.05) is 0 Å². The molecule has 0 fully saturated rings. The zero-order chi connectivity index (χ0) is 9.50. The molecular weight excluding hydrogens is 194 g/mol. The summed E-state index contributed by atoms with van der Waals surface area (Å²) < 4.78 is 67.8. The summed E-state index contributed by atoms with van der Waals surface area (Å²) in [6, 6.07) is 0. The molecule has 76 valence electrons. The van der Waals surface area contributed by atoms with Crippen LogP contribution in [0.1, 0.15) is 0 Å². The molecule has 0 aliphatic rings. The number of quaternary nitrogens is 1. The number of rotatable bonds is 0. The van der Waals surface area contributed by atoms with Gasteiger partial charge in [-0.05, 0) is 0 Å². The van der Waals surface area contributed by atoms with Crippen LogP contribution in [0.4, 0.5) is 26.3 Å². The number of aliphatic hydroxyl groups is 1. The van der Waals surface area contributed by atoms with Crippen molar-refractivity contribution in [3.63, 3.8) is 0 Å². The van der Waals surface area contributed by atoms with Crippen LogP contribution in [-0.4, -0.2) is 23.2 Å². The third-order valence-corrected chi connectivity index (χ3v) is 0.938. The molecule has 0 aromatic carbocycles. The number of hydrogen-bond acceptors (Lipinski definition) is 2. The summed E-state index contributed by atoms with van der Waals surface area (Å²) in [7, 11) is 0. The molecule has 9 heteroatoms. The SMILES string of the molecule is N.[NH3+]C(O)(C(F)(F)F)C(F)(F)F. The van der Waals surface area contributed by atoms with Gasteiger partial charge in [-0.2, -0.15) is 26.3 Å². The van der Waals surface area contributed by atoms with E-state index in [0.717, 1.165) is 0 Å². The Kier molecular flexibility index (Phi) is 3.59. The van der Waals surface area contributed by atoms with Gasteiger partial charge in [0.1, 0.15) is 0 Å². The van der Waals surface area contributed by atoms with Crippen LogP contribution in [0.3, 0.4) is 0 Å². The van der Waals surface area contributed by atoms with Gasteiger partial charge >= 0.3 is 18.1 Å². The Labute approximate surface area is 62.7 Å². The van der Waals surface area contributed by atoms with Gasteiger partial charge in [-0.1, -0.05) is 0 Å². The molecule has 0 aromatic heterocycles. The zero-order valence-corrected chi connectivity index (χ0v) is 5.63. The summed E-state index contributed by atoms with van der Waals surface area (Å²) in [5.74, 6) is 0. The van der Waals surface area contributed by atoms with Crippen molar-refractivity contribution in [3.05, 3.63) is 0 Å². The molecule has 0 spiro atoms. The van der Waals surface area contributed by atoms with E-state index >= 15 is 0 Å². The fourth-order valence-electron chi connectivity index (χ4n) is 0.161. The minimum absolute atomic E-state index is 0. The lowest BCUT2D eigenvalue weighted by molar-refractivity contribution is -0.655. The number of halogens is 6. The maximum atomic E-state index is 11.3. The monoisotopic (exact) mass is 201 g/mol. The molecular formula is C3H7F6N2O+. The molecule has 0 amide bonds. The highest BCUT2D eigenvalue weighted by molar-refractivity contribution is 4.80. The van der Waals surface area contributed by atoms with Crippen LogP contribution in [0.5, 0.6) is 0 Å². The standard InChI is InChI=1S/C3H3F6NO.H3N/c4-2(5,6)1(10,11)3(7,8)9;/h11H,10H2;1H3/p+1. The lowest BCUT2D eigenvalue weighted by Crippen LogP contribution is -2.85. The lowest BCUT2D eigenvalue weighted by Gasteiger charge is -2.23. The highest BCUT2D eigenvalue weighted by atomic mass is 19.4. The Bertz CT molecular complexity index is 132. The average molecular weight is 201 g/mol. The summed E-state index contributed by atoms with van der Waals surface area (Å²) in [5, 5.41) is 7.83. The average Bonchev–Trinajstić information content (AvgIpc) is 1.58.